The van der Waals surface area contributed by atoms with E-state index in [0.717, 1.165) is 0 Å². The molecule has 2 aromatic rings. The van der Waals surface area contributed by atoms with Gasteiger partial charge in [0.2, 0.25) is 0 Å². The monoisotopic (exact) mass is 284 g/mol. The van der Waals surface area contributed by atoms with Crippen LogP contribution in [0.2, 0.25) is 0 Å². The number of hydrogen-bond donors (Lipinski definition) is 1. The largest absolute Gasteiger partial charge is 0.395 e. The Morgan fingerprint density at radius 1 is 1.30 bits per heavy atom. The van der Waals surface area contributed by atoms with Gasteiger partial charge in [0.05, 0.1) is 18.7 Å². The maximum atomic E-state index is 13.6. The summed E-state index contributed by atoms with van der Waals surface area (Å²) in [6, 6.07) is 6.06. The number of rotatable bonds is 6. The van der Waals surface area contributed by atoms with Crippen molar-refractivity contribution < 1.29 is 18.3 Å². The zero-order valence-corrected chi connectivity index (χ0v) is 10.8. The first-order chi connectivity index (χ1) is 9.60. The van der Waals surface area contributed by atoms with Gasteiger partial charge < -0.3 is 5.11 Å². The average molecular weight is 284 g/mol. The summed E-state index contributed by atoms with van der Waals surface area (Å²) in [5, 5.41) is 9.55. The van der Waals surface area contributed by atoms with Gasteiger partial charge in [0, 0.05) is 24.7 Å². The summed E-state index contributed by atoms with van der Waals surface area (Å²) >= 11 is 0. The Hall–Kier alpha value is -1.66. The van der Waals surface area contributed by atoms with Crippen molar-refractivity contribution in [1.29, 1.82) is 0 Å². The normalized spacial score (nSPS) is 11.7. The quantitative estimate of drug-likeness (QED) is 0.885. The Bertz CT molecular complexity index is 577. The highest BCUT2D eigenvalue weighted by atomic mass is 19.3. The molecule has 0 saturated heterocycles. The number of nitrogens with zero attached hydrogens (tertiary/aromatic N) is 2. The topological polar surface area (TPSA) is 36.4 Å². The Kier molecular flexibility index (Phi) is 4.92. The molecule has 1 aromatic heterocycles. The Morgan fingerprint density at radius 2 is 2.10 bits per heavy atom. The van der Waals surface area contributed by atoms with Gasteiger partial charge in [-0.3, -0.25) is 9.88 Å². The van der Waals surface area contributed by atoms with Gasteiger partial charge in [-0.2, -0.15) is 0 Å². The van der Waals surface area contributed by atoms with Gasteiger partial charge in [-0.15, -0.1) is 0 Å². The molecular formula is C14H15F3N2O. The first-order valence-corrected chi connectivity index (χ1v) is 6.24. The van der Waals surface area contributed by atoms with E-state index in [2.05, 4.69) is 4.98 Å². The fourth-order valence-electron chi connectivity index (χ4n) is 2.16. The first-order valence-electron chi connectivity index (χ1n) is 6.24. The predicted octanol–water partition coefficient (Wildman–Crippen LogP) is 2.43. The maximum absolute atomic E-state index is 13.6. The van der Waals surface area contributed by atoms with Gasteiger partial charge >= 0.3 is 0 Å². The van der Waals surface area contributed by atoms with Crippen LogP contribution in [0.3, 0.4) is 0 Å². The highest BCUT2D eigenvalue weighted by molar-refractivity contribution is 5.81. The van der Waals surface area contributed by atoms with Crippen LogP contribution in [0.5, 0.6) is 0 Å². The van der Waals surface area contributed by atoms with Crippen LogP contribution in [0.1, 0.15) is 5.56 Å². The highest BCUT2D eigenvalue weighted by Crippen LogP contribution is 2.20. The summed E-state index contributed by atoms with van der Waals surface area (Å²) in [7, 11) is 0. The van der Waals surface area contributed by atoms with E-state index in [9.17, 15) is 13.2 Å². The molecule has 2 rings (SSSR count). The van der Waals surface area contributed by atoms with E-state index in [0.29, 0.717) is 16.5 Å². The lowest BCUT2D eigenvalue weighted by molar-refractivity contribution is 0.0748. The van der Waals surface area contributed by atoms with Crippen LogP contribution in [-0.2, 0) is 6.54 Å². The fourth-order valence-corrected chi connectivity index (χ4v) is 2.16. The standard InChI is InChI=1S/C14H15F3N2O/c15-12-6-10-2-1-3-18-14(10)11(7-12)8-19(4-5-20)9-13(16)17/h1-3,6-7,13,20H,4-5,8-9H2. The van der Waals surface area contributed by atoms with E-state index in [1.807, 2.05) is 0 Å². The maximum Gasteiger partial charge on any atom is 0.251 e. The second-order valence-electron chi connectivity index (χ2n) is 4.49. The number of halogens is 3. The number of alkyl halides is 2. The molecule has 3 nitrogen and oxygen atoms in total. The molecule has 0 aliphatic rings. The van der Waals surface area contributed by atoms with Gasteiger partial charge in [0.25, 0.3) is 6.43 Å². The molecule has 0 radical (unpaired) electrons. The Morgan fingerprint density at radius 3 is 2.80 bits per heavy atom. The molecule has 0 spiro atoms. The van der Waals surface area contributed by atoms with E-state index >= 15 is 0 Å². The van der Waals surface area contributed by atoms with Gasteiger partial charge in [-0.05, 0) is 23.8 Å². The molecule has 108 valence electrons. The lowest BCUT2D eigenvalue weighted by atomic mass is 10.1. The van der Waals surface area contributed by atoms with Crippen LogP contribution in [0.4, 0.5) is 13.2 Å². The molecule has 0 saturated carbocycles. The zero-order chi connectivity index (χ0) is 14.5. The van der Waals surface area contributed by atoms with Crippen molar-refractivity contribution in [3.8, 4) is 0 Å². The minimum Gasteiger partial charge on any atom is -0.395 e. The third-order valence-corrected chi connectivity index (χ3v) is 2.95. The minimum atomic E-state index is -2.51. The summed E-state index contributed by atoms with van der Waals surface area (Å²) in [6.45, 7) is -0.468. The van der Waals surface area contributed by atoms with E-state index in [1.54, 1.807) is 18.3 Å². The van der Waals surface area contributed by atoms with E-state index in [1.165, 1.54) is 17.0 Å². The Balaban J connectivity index is 2.31. The van der Waals surface area contributed by atoms with Crippen molar-refractivity contribution in [3.05, 3.63) is 41.8 Å². The van der Waals surface area contributed by atoms with Crippen LogP contribution in [-0.4, -0.2) is 41.1 Å². The molecule has 20 heavy (non-hydrogen) atoms. The van der Waals surface area contributed by atoms with Gasteiger partial charge in [0.15, 0.2) is 0 Å². The zero-order valence-electron chi connectivity index (χ0n) is 10.8. The fraction of sp³-hybridized carbons (Fsp3) is 0.357. The average Bonchev–Trinajstić information content (AvgIpc) is 2.38. The van der Waals surface area contributed by atoms with Gasteiger partial charge in [-0.1, -0.05) is 6.07 Å². The molecule has 0 aliphatic heterocycles. The van der Waals surface area contributed by atoms with E-state index < -0.39 is 18.8 Å². The molecule has 0 atom stereocenters. The molecule has 1 N–H and O–H groups in total. The number of hydrogen-bond acceptors (Lipinski definition) is 3. The molecule has 0 amide bonds. The molecular weight excluding hydrogens is 269 g/mol. The number of benzene rings is 1. The molecule has 0 aliphatic carbocycles. The summed E-state index contributed by atoms with van der Waals surface area (Å²) in [5.74, 6) is -0.429. The molecule has 1 heterocycles. The van der Waals surface area contributed by atoms with Crippen molar-refractivity contribution in [2.45, 2.75) is 13.0 Å². The summed E-state index contributed by atoms with van der Waals surface area (Å²) in [4.78, 5) is 5.55. The molecule has 0 unspecified atom stereocenters. The predicted molar refractivity (Wildman–Crippen MR) is 70.1 cm³/mol. The van der Waals surface area contributed by atoms with Crippen LogP contribution >= 0.6 is 0 Å². The smallest absolute Gasteiger partial charge is 0.251 e. The number of aliphatic hydroxyl groups excluding tert-OH is 1. The third kappa shape index (κ3) is 3.68. The summed E-state index contributed by atoms with van der Waals surface area (Å²) < 4.78 is 38.5. The molecule has 6 heteroatoms. The van der Waals surface area contributed by atoms with Crippen LogP contribution in [0.15, 0.2) is 30.5 Å². The SMILES string of the molecule is OCCN(Cc1cc(F)cc2cccnc12)CC(F)F. The second kappa shape index (κ2) is 6.67. The number of aromatic nitrogens is 1. The van der Waals surface area contributed by atoms with Crippen molar-refractivity contribution >= 4 is 10.9 Å². The molecule has 0 fully saturated rings. The van der Waals surface area contributed by atoms with Gasteiger partial charge in [-0.25, -0.2) is 13.2 Å². The second-order valence-corrected chi connectivity index (χ2v) is 4.49. The lowest BCUT2D eigenvalue weighted by Gasteiger charge is -2.21. The van der Waals surface area contributed by atoms with Crippen LogP contribution in [0.25, 0.3) is 10.9 Å². The number of pyridine rings is 1. The Labute approximate surface area is 114 Å². The van der Waals surface area contributed by atoms with Crippen molar-refractivity contribution in [2.75, 3.05) is 19.7 Å². The highest BCUT2D eigenvalue weighted by Gasteiger charge is 2.14. The molecule has 1 aromatic carbocycles. The lowest BCUT2D eigenvalue weighted by Crippen LogP contribution is -2.31. The number of aliphatic hydroxyl groups is 1. The summed E-state index contributed by atoms with van der Waals surface area (Å²) in [6.07, 6.45) is -0.929. The van der Waals surface area contributed by atoms with Gasteiger partial charge in [0.1, 0.15) is 5.82 Å². The first kappa shape index (κ1) is 14.7. The van der Waals surface area contributed by atoms with Crippen molar-refractivity contribution in [3.63, 3.8) is 0 Å². The summed E-state index contributed by atoms with van der Waals surface area (Å²) in [5.41, 5.74) is 1.13. The van der Waals surface area contributed by atoms with Crippen molar-refractivity contribution in [2.24, 2.45) is 0 Å². The van der Waals surface area contributed by atoms with Crippen molar-refractivity contribution in [1.82, 2.24) is 9.88 Å². The molecule has 0 bridgehead atoms. The number of fused-ring (bicyclic) bond motifs is 1. The van der Waals surface area contributed by atoms with E-state index in [4.69, 9.17) is 5.11 Å². The van der Waals surface area contributed by atoms with Crippen LogP contribution in [0, 0.1) is 5.82 Å². The third-order valence-electron chi connectivity index (χ3n) is 2.95. The van der Waals surface area contributed by atoms with Crippen LogP contribution < -0.4 is 0 Å². The minimum absolute atomic E-state index is 0.106. The van der Waals surface area contributed by atoms with E-state index in [-0.39, 0.29) is 19.7 Å².